The molecule has 0 aliphatic carbocycles. The molecule has 0 radical (unpaired) electrons. The highest BCUT2D eigenvalue weighted by atomic mass is 19.4. The zero-order chi connectivity index (χ0) is 25.9. The first-order valence-corrected chi connectivity index (χ1v) is 11.5. The molecule has 4 heterocycles. The molecule has 0 saturated carbocycles. The molecule has 0 bridgehead atoms. The molecule has 2 aliphatic heterocycles. The van der Waals surface area contributed by atoms with Crippen molar-refractivity contribution < 1.29 is 22.7 Å². The van der Waals surface area contributed by atoms with Crippen LogP contribution in [0.15, 0.2) is 23.4 Å². The second-order valence-electron chi connectivity index (χ2n) is 8.76. The number of piperidine rings is 1. The lowest BCUT2D eigenvalue weighted by atomic mass is 10.0. The fourth-order valence-electron chi connectivity index (χ4n) is 4.50. The maximum absolute atomic E-state index is 13.2. The Morgan fingerprint density at radius 2 is 1.94 bits per heavy atom. The minimum atomic E-state index is -4.84. The van der Waals surface area contributed by atoms with Crippen molar-refractivity contribution in [1.29, 1.82) is 5.26 Å². The number of carbonyl (C=O) groups is 1. The molecule has 2 aromatic heterocycles. The maximum atomic E-state index is 13.2. The first kappa shape index (κ1) is 25.4. The van der Waals surface area contributed by atoms with Crippen molar-refractivity contribution in [3.63, 3.8) is 0 Å². The van der Waals surface area contributed by atoms with Crippen LogP contribution >= 0.6 is 0 Å². The largest absolute Gasteiger partial charge is 0.423 e. The second-order valence-corrected chi connectivity index (χ2v) is 8.76. The van der Waals surface area contributed by atoms with E-state index in [-0.39, 0.29) is 24.2 Å². The molecule has 2 aromatic rings. The van der Waals surface area contributed by atoms with Gasteiger partial charge in [0.05, 0.1) is 30.9 Å². The van der Waals surface area contributed by atoms with Gasteiger partial charge in [-0.05, 0) is 19.8 Å². The Morgan fingerprint density at radius 3 is 2.58 bits per heavy atom. The van der Waals surface area contributed by atoms with Crippen LogP contribution < -0.4 is 15.8 Å². The topological polar surface area (TPSA) is 140 Å². The minimum absolute atomic E-state index is 0.0237. The summed E-state index contributed by atoms with van der Waals surface area (Å²) >= 11 is 0. The Bertz CT molecular complexity index is 1170. The van der Waals surface area contributed by atoms with Crippen LogP contribution in [0.2, 0.25) is 0 Å². The number of alkyl halides is 3. The quantitative estimate of drug-likeness (QED) is 0.572. The number of amides is 1. The van der Waals surface area contributed by atoms with Gasteiger partial charge < -0.3 is 19.9 Å². The van der Waals surface area contributed by atoms with Gasteiger partial charge in [-0.2, -0.15) is 23.5 Å². The van der Waals surface area contributed by atoms with Crippen LogP contribution in [0.4, 0.5) is 24.7 Å². The summed E-state index contributed by atoms with van der Waals surface area (Å²) in [5, 5.41) is 16.7. The van der Waals surface area contributed by atoms with Gasteiger partial charge in [0.1, 0.15) is 23.6 Å². The molecule has 4 rings (SSSR count). The predicted molar refractivity (Wildman–Crippen MR) is 121 cm³/mol. The summed E-state index contributed by atoms with van der Waals surface area (Å²) in [5.41, 5.74) is -2.88. The van der Waals surface area contributed by atoms with E-state index in [0.29, 0.717) is 31.9 Å². The number of ether oxygens (including phenoxy) is 1. The van der Waals surface area contributed by atoms with Crippen LogP contribution in [0, 0.1) is 11.3 Å². The lowest BCUT2D eigenvalue weighted by Crippen LogP contribution is -2.47. The summed E-state index contributed by atoms with van der Waals surface area (Å²) in [4.78, 5) is 36.7. The second kappa shape index (κ2) is 10.5. The van der Waals surface area contributed by atoms with Gasteiger partial charge in [-0.15, -0.1) is 0 Å². The predicted octanol–water partition coefficient (Wildman–Crippen LogP) is 1.54. The van der Waals surface area contributed by atoms with Crippen molar-refractivity contribution in [3.05, 3.63) is 40.2 Å². The SMILES string of the molecule is C[C@@H](CO[C@@H]1CCN(C2CCN(c3cnc(C#N)cn3)CC2)C1=O)Nc1cn[nH]c(=O)c1C(F)(F)F. The van der Waals surface area contributed by atoms with Crippen molar-refractivity contribution in [1.82, 2.24) is 25.1 Å². The fourth-order valence-corrected chi connectivity index (χ4v) is 4.50. The van der Waals surface area contributed by atoms with Crippen LogP contribution in [0.5, 0.6) is 0 Å². The number of halogens is 3. The molecular weight excluding hydrogens is 481 g/mol. The molecule has 0 unspecified atom stereocenters. The number of nitriles is 1. The van der Waals surface area contributed by atoms with E-state index in [9.17, 15) is 22.8 Å². The van der Waals surface area contributed by atoms with Gasteiger partial charge >= 0.3 is 6.18 Å². The average molecular weight is 506 g/mol. The van der Waals surface area contributed by atoms with Gasteiger partial charge in [0.15, 0.2) is 5.69 Å². The highest BCUT2D eigenvalue weighted by Crippen LogP contribution is 2.32. The molecule has 192 valence electrons. The molecule has 14 heteroatoms. The molecular formula is C22H25F3N8O3. The van der Waals surface area contributed by atoms with Gasteiger partial charge in [-0.3, -0.25) is 9.59 Å². The van der Waals surface area contributed by atoms with Crippen molar-refractivity contribution in [3.8, 4) is 6.07 Å². The van der Waals surface area contributed by atoms with E-state index in [2.05, 4.69) is 25.3 Å². The first-order valence-electron chi connectivity index (χ1n) is 11.5. The summed E-state index contributed by atoms with van der Waals surface area (Å²) in [6.45, 7) is 3.49. The number of nitrogens with zero attached hydrogens (tertiary/aromatic N) is 6. The minimum Gasteiger partial charge on any atom is -0.378 e. The normalized spacial score (nSPS) is 19.9. The highest BCUT2D eigenvalue weighted by Gasteiger charge is 2.39. The monoisotopic (exact) mass is 506 g/mol. The number of aromatic nitrogens is 4. The van der Waals surface area contributed by atoms with Gasteiger partial charge in [-0.1, -0.05) is 0 Å². The Labute approximate surface area is 204 Å². The van der Waals surface area contributed by atoms with Crippen molar-refractivity contribution in [2.24, 2.45) is 0 Å². The molecule has 2 fully saturated rings. The number of nitrogens with one attached hydrogen (secondary N) is 2. The zero-order valence-electron chi connectivity index (χ0n) is 19.5. The summed E-state index contributed by atoms with van der Waals surface area (Å²) in [5.74, 6) is 0.555. The first-order chi connectivity index (χ1) is 17.2. The summed E-state index contributed by atoms with van der Waals surface area (Å²) in [7, 11) is 0. The molecule has 2 atom stereocenters. The molecule has 0 aromatic carbocycles. The number of likely N-dealkylation sites (tertiary alicyclic amines) is 1. The summed E-state index contributed by atoms with van der Waals surface area (Å²) < 4.78 is 45.4. The van der Waals surface area contributed by atoms with E-state index in [0.717, 1.165) is 19.0 Å². The molecule has 11 nitrogen and oxygen atoms in total. The van der Waals surface area contributed by atoms with E-state index < -0.39 is 35.1 Å². The molecule has 2 saturated heterocycles. The Kier molecular flexibility index (Phi) is 7.39. The Morgan fingerprint density at radius 1 is 1.19 bits per heavy atom. The number of hydrogen-bond acceptors (Lipinski definition) is 9. The molecule has 1 amide bonds. The number of rotatable bonds is 7. The van der Waals surface area contributed by atoms with Crippen LogP contribution in [0.3, 0.4) is 0 Å². The number of carbonyl (C=O) groups excluding carboxylic acids is 1. The number of anilines is 2. The number of hydrogen-bond donors (Lipinski definition) is 2. The summed E-state index contributed by atoms with van der Waals surface area (Å²) in [6.07, 6.45) is 0.367. The van der Waals surface area contributed by atoms with Crippen LogP contribution in [0.25, 0.3) is 0 Å². The van der Waals surface area contributed by atoms with E-state index in [1.165, 1.54) is 6.20 Å². The van der Waals surface area contributed by atoms with E-state index in [4.69, 9.17) is 10.00 Å². The van der Waals surface area contributed by atoms with Crippen LogP contribution in [0.1, 0.15) is 37.4 Å². The van der Waals surface area contributed by atoms with Gasteiger partial charge in [0.2, 0.25) is 0 Å². The van der Waals surface area contributed by atoms with Crippen LogP contribution in [-0.2, 0) is 15.7 Å². The smallest absolute Gasteiger partial charge is 0.378 e. The van der Waals surface area contributed by atoms with E-state index >= 15 is 0 Å². The average Bonchev–Trinajstić information content (AvgIpc) is 3.22. The standard InChI is InChI=1S/C22H25F3N8O3/c1-13(30-16-10-29-31-20(34)19(16)22(23,24)25)12-36-17-4-7-33(21(17)35)15-2-5-32(6-3-15)18-11-27-14(8-26)9-28-18/h9-11,13,15,17H,2-7,12H2,1H3,(H2,30,31,34)/t13-,17+/m0/s1. The van der Waals surface area contributed by atoms with Crippen molar-refractivity contribution >= 4 is 17.4 Å². The maximum Gasteiger partial charge on any atom is 0.423 e. The Hall–Kier alpha value is -3.73. The third-order valence-electron chi connectivity index (χ3n) is 6.26. The van der Waals surface area contributed by atoms with Gasteiger partial charge in [0.25, 0.3) is 11.5 Å². The summed E-state index contributed by atoms with van der Waals surface area (Å²) in [6, 6.07) is 1.39. The molecule has 2 aliphatic rings. The lowest BCUT2D eigenvalue weighted by Gasteiger charge is -2.37. The molecule has 0 spiro atoms. The molecule has 36 heavy (non-hydrogen) atoms. The third-order valence-corrected chi connectivity index (χ3v) is 6.26. The van der Waals surface area contributed by atoms with E-state index in [1.807, 2.05) is 11.0 Å². The van der Waals surface area contributed by atoms with E-state index in [1.54, 1.807) is 18.2 Å². The Balaban J connectivity index is 1.27. The zero-order valence-corrected chi connectivity index (χ0v) is 19.5. The highest BCUT2D eigenvalue weighted by molar-refractivity contribution is 5.83. The van der Waals surface area contributed by atoms with Crippen LogP contribution in [-0.4, -0.2) is 75.4 Å². The molecule has 2 N–H and O–H groups in total. The van der Waals surface area contributed by atoms with Gasteiger partial charge in [0, 0.05) is 38.1 Å². The van der Waals surface area contributed by atoms with Crippen molar-refractivity contribution in [2.75, 3.05) is 36.5 Å². The fraction of sp³-hybridized carbons (Fsp3) is 0.545. The lowest BCUT2D eigenvalue weighted by molar-refractivity contribution is -0.139. The van der Waals surface area contributed by atoms with Crippen molar-refractivity contribution in [2.45, 2.75) is 50.6 Å². The third kappa shape index (κ3) is 5.56. The van der Waals surface area contributed by atoms with Gasteiger partial charge in [-0.25, -0.2) is 15.1 Å². The number of aromatic amines is 1. The number of H-pyrrole nitrogens is 1.